The summed E-state index contributed by atoms with van der Waals surface area (Å²) >= 11 is 0. The van der Waals surface area contributed by atoms with Gasteiger partial charge in [0.2, 0.25) is 0 Å². The van der Waals surface area contributed by atoms with E-state index in [0.29, 0.717) is 11.5 Å². The molecule has 2 N–H and O–H groups in total. The third-order valence-electron chi connectivity index (χ3n) is 5.35. The Morgan fingerprint density at radius 3 is 2.23 bits per heavy atom. The van der Waals surface area contributed by atoms with E-state index in [2.05, 4.69) is 13.8 Å². The lowest BCUT2D eigenvalue weighted by molar-refractivity contribution is -0.111. The second kappa shape index (κ2) is 2.31. The van der Waals surface area contributed by atoms with Gasteiger partial charge in [0, 0.05) is 6.04 Å². The highest BCUT2D eigenvalue weighted by Gasteiger charge is 2.58. The molecule has 74 valence electrons. The van der Waals surface area contributed by atoms with Crippen LogP contribution in [0.25, 0.3) is 0 Å². The van der Waals surface area contributed by atoms with Crippen LogP contribution in [-0.2, 0) is 0 Å². The molecule has 0 heterocycles. The molecule has 0 radical (unpaired) electrons. The van der Waals surface area contributed by atoms with E-state index < -0.39 is 0 Å². The molecule has 1 nitrogen and oxygen atoms in total. The van der Waals surface area contributed by atoms with Crippen molar-refractivity contribution in [2.45, 2.75) is 45.6 Å². The van der Waals surface area contributed by atoms with Gasteiger partial charge in [0.25, 0.3) is 0 Å². The number of fused-ring (bicyclic) bond motifs is 2. The average Bonchev–Trinajstić information content (AvgIpc) is 2.82. The average molecular weight is 179 g/mol. The molecule has 2 bridgehead atoms. The molecule has 0 amide bonds. The van der Waals surface area contributed by atoms with Crippen LogP contribution < -0.4 is 5.73 Å². The molecular weight excluding hydrogens is 158 g/mol. The normalized spacial score (nSPS) is 57.0. The van der Waals surface area contributed by atoms with Crippen molar-refractivity contribution in [2.24, 2.45) is 34.8 Å². The van der Waals surface area contributed by atoms with Crippen molar-refractivity contribution in [1.29, 1.82) is 0 Å². The first-order valence-electron chi connectivity index (χ1n) is 5.86. The zero-order valence-electron chi connectivity index (χ0n) is 8.79. The summed E-state index contributed by atoms with van der Waals surface area (Å²) in [4.78, 5) is 0. The van der Waals surface area contributed by atoms with Crippen molar-refractivity contribution in [3.8, 4) is 0 Å². The van der Waals surface area contributed by atoms with Crippen LogP contribution in [-0.4, -0.2) is 6.04 Å². The van der Waals surface area contributed by atoms with Gasteiger partial charge in [-0.25, -0.2) is 0 Å². The number of nitrogens with two attached hydrogens (primary N) is 1. The monoisotopic (exact) mass is 179 g/mol. The van der Waals surface area contributed by atoms with Gasteiger partial charge in [0.05, 0.1) is 0 Å². The van der Waals surface area contributed by atoms with Crippen LogP contribution >= 0.6 is 0 Å². The quantitative estimate of drug-likeness (QED) is 0.657. The molecule has 0 aromatic carbocycles. The van der Waals surface area contributed by atoms with Gasteiger partial charge in [-0.05, 0) is 54.8 Å². The van der Waals surface area contributed by atoms with Crippen molar-refractivity contribution in [1.82, 2.24) is 0 Å². The summed E-state index contributed by atoms with van der Waals surface area (Å²) in [5.74, 6) is 3.97. The SMILES string of the molecule is CC1(C)C2CCC([C@@H]3C[C@H]3N)C1C2. The first-order chi connectivity index (χ1) is 6.10. The van der Waals surface area contributed by atoms with E-state index >= 15 is 0 Å². The molecule has 13 heavy (non-hydrogen) atoms. The summed E-state index contributed by atoms with van der Waals surface area (Å²) in [6.45, 7) is 4.96. The summed E-state index contributed by atoms with van der Waals surface area (Å²) in [5, 5.41) is 0. The number of hydrogen-bond donors (Lipinski definition) is 1. The summed E-state index contributed by atoms with van der Waals surface area (Å²) in [7, 11) is 0. The van der Waals surface area contributed by atoms with Crippen molar-refractivity contribution in [3.63, 3.8) is 0 Å². The van der Waals surface area contributed by atoms with E-state index in [1.54, 1.807) is 0 Å². The first-order valence-corrected chi connectivity index (χ1v) is 5.86. The Balaban J connectivity index is 1.77. The Morgan fingerprint density at radius 2 is 1.77 bits per heavy atom. The van der Waals surface area contributed by atoms with Crippen molar-refractivity contribution in [2.75, 3.05) is 0 Å². The van der Waals surface area contributed by atoms with E-state index in [1.165, 1.54) is 25.7 Å². The highest BCUT2D eigenvalue weighted by atomic mass is 14.8. The molecule has 3 unspecified atom stereocenters. The smallest absolute Gasteiger partial charge is 0.00738 e. The van der Waals surface area contributed by atoms with Gasteiger partial charge >= 0.3 is 0 Å². The van der Waals surface area contributed by atoms with E-state index in [0.717, 1.165) is 23.7 Å². The molecule has 0 aromatic rings. The lowest BCUT2D eigenvalue weighted by atomic mass is 9.45. The summed E-state index contributed by atoms with van der Waals surface area (Å²) in [6.07, 6.45) is 5.80. The fourth-order valence-corrected chi connectivity index (χ4v) is 4.11. The molecule has 4 aliphatic carbocycles. The predicted octanol–water partition coefficient (Wildman–Crippen LogP) is 2.41. The van der Waals surface area contributed by atoms with Crippen LogP contribution in [0.2, 0.25) is 0 Å². The molecule has 0 aromatic heterocycles. The van der Waals surface area contributed by atoms with Crippen LogP contribution in [0.5, 0.6) is 0 Å². The van der Waals surface area contributed by atoms with Gasteiger partial charge in [-0.3, -0.25) is 0 Å². The third-order valence-corrected chi connectivity index (χ3v) is 5.35. The lowest BCUT2D eigenvalue weighted by Crippen LogP contribution is -2.53. The van der Waals surface area contributed by atoms with Gasteiger partial charge in [0.1, 0.15) is 0 Å². The Bertz CT molecular complexity index is 231. The maximum Gasteiger partial charge on any atom is 0.00738 e. The summed E-state index contributed by atoms with van der Waals surface area (Å²) in [5.41, 5.74) is 6.62. The molecule has 1 heteroatoms. The van der Waals surface area contributed by atoms with Gasteiger partial charge in [-0.15, -0.1) is 0 Å². The number of hydrogen-bond acceptors (Lipinski definition) is 1. The van der Waals surface area contributed by atoms with Gasteiger partial charge < -0.3 is 5.73 Å². The van der Waals surface area contributed by atoms with Crippen molar-refractivity contribution < 1.29 is 0 Å². The van der Waals surface area contributed by atoms with Crippen LogP contribution in [0.3, 0.4) is 0 Å². The van der Waals surface area contributed by atoms with Crippen molar-refractivity contribution >= 4 is 0 Å². The Labute approximate surface area is 81.1 Å². The minimum absolute atomic E-state index is 0.568. The first kappa shape index (κ1) is 8.28. The Hall–Kier alpha value is -0.0400. The minimum atomic E-state index is 0.568. The summed E-state index contributed by atoms with van der Waals surface area (Å²) in [6, 6.07) is 0.568. The standard InChI is InChI=1S/C12H21N/c1-12(2)7-3-4-8(10(12)5-7)9-6-11(9)13/h7-11H,3-6,13H2,1-2H3/t7?,8?,9-,10?,11+/m0/s1. The topological polar surface area (TPSA) is 26.0 Å². The molecule has 4 rings (SSSR count). The Kier molecular flexibility index (Phi) is 1.47. The number of rotatable bonds is 1. The van der Waals surface area contributed by atoms with Crippen LogP contribution in [0.1, 0.15) is 39.5 Å². The van der Waals surface area contributed by atoms with Gasteiger partial charge in [-0.2, -0.15) is 0 Å². The molecule has 4 saturated carbocycles. The van der Waals surface area contributed by atoms with Crippen LogP contribution in [0, 0.1) is 29.1 Å². The van der Waals surface area contributed by atoms with Crippen LogP contribution in [0.4, 0.5) is 0 Å². The van der Waals surface area contributed by atoms with E-state index in [-0.39, 0.29) is 0 Å². The Morgan fingerprint density at radius 1 is 1.08 bits per heavy atom. The maximum atomic E-state index is 5.97. The molecule has 0 spiro atoms. The molecule has 0 aliphatic heterocycles. The molecule has 4 fully saturated rings. The second-order valence-electron chi connectivity index (χ2n) is 6.17. The summed E-state index contributed by atoms with van der Waals surface area (Å²) < 4.78 is 0. The minimum Gasteiger partial charge on any atom is -0.327 e. The highest BCUT2D eigenvalue weighted by molar-refractivity contribution is 5.09. The molecule has 5 atom stereocenters. The largest absolute Gasteiger partial charge is 0.327 e. The highest BCUT2D eigenvalue weighted by Crippen LogP contribution is 2.65. The maximum absolute atomic E-state index is 5.97. The zero-order valence-corrected chi connectivity index (χ0v) is 8.79. The predicted molar refractivity (Wildman–Crippen MR) is 54.2 cm³/mol. The van der Waals surface area contributed by atoms with Crippen LogP contribution in [0.15, 0.2) is 0 Å². The van der Waals surface area contributed by atoms with Gasteiger partial charge in [0.15, 0.2) is 0 Å². The molecular formula is C12H21N. The molecule has 4 aliphatic rings. The van der Waals surface area contributed by atoms with E-state index in [1.807, 2.05) is 0 Å². The fourth-order valence-electron chi connectivity index (χ4n) is 4.11. The van der Waals surface area contributed by atoms with Gasteiger partial charge in [-0.1, -0.05) is 13.8 Å². The van der Waals surface area contributed by atoms with Crippen molar-refractivity contribution in [3.05, 3.63) is 0 Å². The third kappa shape index (κ3) is 0.971. The zero-order chi connectivity index (χ0) is 9.22. The fraction of sp³-hybridized carbons (Fsp3) is 1.00. The lowest BCUT2D eigenvalue weighted by Gasteiger charge is -2.60. The molecule has 0 saturated heterocycles. The van der Waals surface area contributed by atoms with E-state index in [9.17, 15) is 0 Å². The second-order valence-corrected chi connectivity index (χ2v) is 6.17. The van der Waals surface area contributed by atoms with E-state index in [4.69, 9.17) is 5.73 Å².